The number of hydrogen-bond acceptors (Lipinski definition) is 7. The first-order valence-electron chi connectivity index (χ1n) is 12.5. The van der Waals surface area contributed by atoms with Crippen LogP contribution in [0.5, 0.6) is 5.75 Å². The standard InChI is InChI=1S/C29H27ClN4O6S/c1-2-39-24-12-10-23(11-13-24)32-28(35)29(36)33-31-18-25-14-15-26(40-25)20-34(19-21-6-4-3-5-7-21)41(37,38)27-16-8-22(30)9-17-27/h3-18H,2,19-20H2,1H3,(H,32,35)(H,33,36)/b31-18+. The largest absolute Gasteiger partial charge is 0.494 e. The molecule has 12 heteroatoms. The predicted molar refractivity (Wildman–Crippen MR) is 155 cm³/mol. The Morgan fingerprint density at radius 2 is 1.63 bits per heavy atom. The van der Waals surface area contributed by atoms with Gasteiger partial charge in [-0.1, -0.05) is 41.9 Å². The molecule has 4 rings (SSSR count). The van der Waals surface area contributed by atoms with Crippen LogP contribution in [-0.2, 0) is 32.7 Å². The molecule has 2 N–H and O–H groups in total. The Hall–Kier alpha value is -4.45. The maximum absolute atomic E-state index is 13.5. The number of benzene rings is 3. The number of carbonyl (C=O) groups excluding carboxylic acids is 2. The fourth-order valence-electron chi connectivity index (χ4n) is 3.69. The summed E-state index contributed by atoms with van der Waals surface area (Å²) in [4.78, 5) is 24.4. The summed E-state index contributed by atoms with van der Waals surface area (Å²) in [5, 5.41) is 6.65. The van der Waals surface area contributed by atoms with E-state index in [0.717, 1.165) is 5.56 Å². The van der Waals surface area contributed by atoms with Crippen LogP contribution in [0.1, 0.15) is 24.0 Å². The molecule has 0 bridgehead atoms. The molecule has 0 unspecified atom stereocenters. The Morgan fingerprint density at radius 3 is 2.32 bits per heavy atom. The van der Waals surface area contributed by atoms with Crippen molar-refractivity contribution in [2.24, 2.45) is 5.10 Å². The maximum Gasteiger partial charge on any atom is 0.329 e. The highest BCUT2D eigenvalue weighted by molar-refractivity contribution is 7.89. The molecule has 0 saturated carbocycles. The van der Waals surface area contributed by atoms with E-state index in [9.17, 15) is 18.0 Å². The zero-order valence-electron chi connectivity index (χ0n) is 22.0. The molecule has 41 heavy (non-hydrogen) atoms. The van der Waals surface area contributed by atoms with E-state index in [1.54, 1.807) is 36.4 Å². The number of sulfonamides is 1. The molecule has 0 aliphatic rings. The second-order valence-electron chi connectivity index (χ2n) is 8.63. The average molecular weight is 595 g/mol. The number of carbonyl (C=O) groups is 2. The quantitative estimate of drug-likeness (QED) is 0.146. The molecule has 0 aliphatic heterocycles. The van der Waals surface area contributed by atoms with Crippen molar-refractivity contribution in [3.63, 3.8) is 0 Å². The van der Waals surface area contributed by atoms with Gasteiger partial charge in [0.05, 0.1) is 24.3 Å². The number of hydrogen-bond donors (Lipinski definition) is 2. The van der Waals surface area contributed by atoms with Gasteiger partial charge in [0.15, 0.2) is 0 Å². The number of ether oxygens (including phenoxy) is 1. The van der Waals surface area contributed by atoms with Gasteiger partial charge in [-0.25, -0.2) is 13.8 Å². The molecule has 1 heterocycles. The minimum absolute atomic E-state index is 0.0649. The lowest BCUT2D eigenvalue weighted by molar-refractivity contribution is -0.136. The van der Waals surface area contributed by atoms with Crippen molar-refractivity contribution >= 4 is 45.3 Å². The molecule has 0 fully saturated rings. The highest BCUT2D eigenvalue weighted by Crippen LogP contribution is 2.23. The molecular formula is C29H27ClN4O6S. The van der Waals surface area contributed by atoms with E-state index in [1.165, 1.54) is 34.8 Å². The van der Waals surface area contributed by atoms with Gasteiger partial charge in [-0.15, -0.1) is 0 Å². The molecule has 1 aromatic heterocycles. The number of hydrazone groups is 1. The average Bonchev–Trinajstić information content (AvgIpc) is 3.41. The number of nitrogens with one attached hydrogen (secondary N) is 2. The molecule has 0 atom stereocenters. The molecule has 3 aromatic carbocycles. The second-order valence-corrected chi connectivity index (χ2v) is 11.0. The van der Waals surface area contributed by atoms with E-state index in [2.05, 4.69) is 15.8 Å². The van der Waals surface area contributed by atoms with E-state index < -0.39 is 21.8 Å². The van der Waals surface area contributed by atoms with Gasteiger partial charge in [0.25, 0.3) is 0 Å². The summed E-state index contributed by atoms with van der Waals surface area (Å²) in [5.41, 5.74) is 3.35. The summed E-state index contributed by atoms with van der Waals surface area (Å²) in [6.07, 6.45) is 1.21. The van der Waals surface area contributed by atoms with Crippen molar-refractivity contribution in [2.45, 2.75) is 24.9 Å². The Balaban J connectivity index is 1.39. The number of nitrogens with zero attached hydrogens (tertiary/aromatic N) is 2. The summed E-state index contributed by atoms with van der Waals surface area (Å²) in [5.74, 6) is -0.654. The van der Waals surface area contributed by atoms with Crippen molar-refractivity contribution in [1.82, 2.24) is 9.73 Å². The molecule has 0 spiro atoms. The zero-order chi connectivity index (χ0) is 29.2. The highest BCUT2D eigenvalue weighted by atomic mass is 35.5. The molecule has 4 aromatic rings. The zero-order valence-corrected chi connectivity index (χ0v) is 23.6. The van der Waals surface area contributed by atoms with Gasteiger partial charge >= 0.3 is 11.8 Å². The number of rotatable bonds is 11. The van der Waals surface area contributed by atoms with Crippen LogP contribution in [0.3, 0.4) is 0 Å². The Morgan fingerprint density at radius 1 is 0.927 bits per heavy atom. The van der Waals surface area contributed by atoms with Crippen LogP contribution >= 0.6 is 11.6 Å². The van der Waals surface area contributed by atoms with E-state index in [0.29, 0.717) is 28.8 Å². The lowest BCUT2D eigenvalue weighted by atomic mass is 10.2. The predicted octanol–water partition coefficient (Wildman–Crippen LogP) is 4.81. The summed E-state index contributed by atoms with van der Waals surface area (Å²) >= 11 is 5.94. The minimum atomic E-state index is -3.90. The molecule has 2 amide bonds. The highest BCUT2D eigenvalue weighted by Gasteiger charge is 2.26. The third kappa shape index (κ3) is 8.27. The van der Waals surface area contributed by atoms with Crippen molar-refractivity contribution in [2.75, 3.05) is 11.9 Å². The van der Waals surface area contributed by atoms with E-state index in [4.69, 9.17) is 20.8 Å². The van der Waals surface area contributed by atoms with Gasteiger partial charge in [-0.2, -0.15) is 9.41 Å². The van der Waals surface area contributed by atoms with Crippen LogP contribution in [0.25, 0.3) is 0 Å². The number of anilines is 1. The van der Waals surface area contributed by atoms with Crippen LogP contribution < -0.4 is 15.5 Å². The van der Waals surface area contributed by atoms with Crippen LogP contribution in [0, 0.1) is 0 Å². The summed E-state index contributed by atoms with van der Waals surface area (Å²) in [6, 6.07) is 24.8. The van der Waals surface area contributed by atoms with E-state index >= 15 is 0 Å². The van der Waals surface area contributed by atoms with Crippen molar-refractivity contribution in [1.29, 1.82) is 0 Å². The summed E-state index contributed by atoms with van der Waals surface area (Å²) < 4.78 is 39.3. The van der Waals surface area contributed by atoms with Gasteiger partial charge in [-0.05, 0) is 73.2 Å². The first-order valence-corrected chi connectivity index (χ1v) is 14.3. The van der Waals surface area contributed by atoms with Crippen LogP contribution in [0.4, 0.5) is 5.69 Å². The van der Waals surface area contributed by atoms with E-state index in [1.807, 2.05) is 37.3 Å². The molecule has 0 aliphatic carbocycles. The third-order valence-corrected chi connectivity index (χ3v) is 7.71. The van der Waals surface area contributed by atoms with E-state index in [-0.39, 0.29) is 23.7 Å². The Bertz CT molecular complexity index is 1610. The van der Waals surface area contributed by atoms with Crippen molar-refractivity contribution < 1.29 is 27.2 Å². The second kappa shape index (κ2) is 13.8. The van der Waals surface area contributed by atoms with Gasteiger partial charge in [0.1, 0.15) is 17.3 Å². The number of amides is 2. The Labute approximate surface area is 242 Å². The smallest absolute Gasteiger partial charge is 0.329 e. The van der Waals surface area contributed by atoms with Gasteiger partial charge in [0.2, 0.25) is 10.0 Å². The molecule has 0 saturated heterocycles. The lowest BCUT2D eigenvalue weighted by Crippen LogP contribution is -2.32. The topological polar surface area (TPSA) is 130 Å². The number of furan rings is 1. The van der Waals surface area contributed by atoms with Gasteiger partial charge < -0.3 is 14.5 Å². The monoisotopic (exact) mass is 594 g/mol. The van der Waals surface area contributed by atoms with Gasteiger partial charge in [0, 0.05) is 17.3 Å². The first-order chi connectivity index (χ1) is 19.7. The Kier molecular flexibility index (Phi) is 9.91. The molecular weight excluding hydrogens is 568 g/mol. The third-order valence-electron chi connectivity index (χ3n) is 5.66. The normalized spacial score (nSPS) is 11.5. The van der Waals surface area contributed by atoms with Gasteiger partial charge in [-0.3, -0.25) is 9.59 Å². The fraction of sp³-hybridized carbons (Fsp3) is 0.138. The summed E-state index contributed by atoms with van der Waals surface area (Å²) in [7, 11) is -3.90. The molecule has 0 radical (unpaired) electrons. The first kappa shape index (κ1) is 29.5. The molecule has 212 valence electrons. The summed E-state index contributed by atoms with van der Waals surface area (Å²) in [6.45, 7) is 2.41. The van der Waals surface area contributed by atoms with Crippen LogP contribution in [0.2, 0.25) is 5.02 Å². The van der Waals surface area contributed by atoms with Crippen LogP contribution in [-0.4, -0.2) is 37.4 Å². The SMILES string of the molecule is CCOc1ccc(NC(=O)C(=O)N/N=C/c2ccc(CN(Cc3ccccc3)S(=O)(=O)c3ccc(Cl)cc3)o2)cc1. The fourth-order valence-corrected chi connectivity index (χ4v) is 5.21. The maximum atomic E-state index is 13.5. The minimum Gasteiger partial charge on any atom is -0.494 e. The van der Waals surface area contributed by atoms with Crippen molar-refractivity contribution in [3.05, 3.63) is 113 Å². The van der Waals surface area contributed by atoms with Crippen LogP contribution in [0.15, 0.2) is 105 Å². The lowest BCUT2D eigenvalue weighted by Gasteiger charge is -2.21. The molecule has 10 nitrogen and oxygen atoms in total. The van der Waals surface area contributed by atoms with Crippen molar-refractivity contribution in [3.8, 4) is 5.75 Å². The number of halogens is 1.